The van der Waals surface area contributed by atoms with E-state index >= 15 is 0 Å². The Balaban J connectivity index is 1.54. The first-order chi connectivity index (χ1) is 15.9. The van der Waals surface area contributed by atoms with E-state index in [1.807, 2.05) is 17.6 Å². The predicted octanol–water partition coefficient (Wildman–Crippen LogP) is 6.48. The second-order valence-electron chi connectivity index (χ2n) is 7.07. The maximum absolute atomic E-state index is 12.4. The number of aryl methyl sites for hydroxylation is 1. The van der Waals surface area contributed by atoms with Crippen LogP contribution in [0.3, 0.4) is 0 Å². The van der Waals surface area contributed by atoms with E-state index in [0.29, 0.717) is 57.7 Å². The second-order valence-corrected chi connectivity index (χ2v) is 9.27. The Labute approximate surface area is 212 Å². The van der Waals surface area contributed by atoms with Crippen molar-refractivity contribution in [3.05, 3.63) is 75.5 Å². The van der Waals surface area contributed by atoms with Gasteiger partial charge in [-0.3, -0.25) is 4.79 Å². The first-order valence-electron chi connectivity index (χ1n) is 10.2. The first kappa shape index (κ1) is 25.4. The summed E-state index contributed by atoms with van der Waals surface area (Å²) in [5.74, 6) is 1.44. The number of nitrogens with zero attached hydrogens (tertiary/aromatic N) is 3. The van der Waals surface area contributed by atoms with E-state index < -0.39 is 0 Å². The average molecular weight is 526 g/mol. The Morgan fingerprint density at radius 3 is 2.79 bits per heavy atom. The van der Waals surface area contributed by atoms with Crippen LogP contribution in [0.15, 0.2) is 54.2 Å². The molecule has 0 aliphatic heterocycles. The van der Waals surface area contributed by atoms with Crippen LogP contribution in [0.4, 0.5) is 5.69 Å². The molecule has 0 radical (unpaired) electrons. The fraction of sp³-hybridized carbons (Fsp3) is 0.261. The van der Waals surface area contributed by atoms with Gasteiger partial charge in [0.05, 0.1) is 17.4 Å². The molecule has 2 aromatic carbocycles. The van der Waals surface area contributed by atoms with Crippen LogP contribution in [0.1, 0.15) is 17.8 Å². The number of nitrogens with one attached hydrogen (secondary N) is 1. The summed E-state index contributed by atoms with van der Waals surface area (Å²) in [6.07, 6.45) is 3.14. The predicted molar refractivity (Wildman–Crippen MR) is 136 cm³/mol. The van der Waals surface area contributed by atoms with Gasteiger partial charge in [-0.25, -0.2) is 0 Å². The SMILES string of the molecule is C=CCn1c(CCCOc2ccc(Cl)cc2Cl)nnc1SCC(=O)Nc1cccc(Cl)c1C. The molecule has 1 aromatic heterocycles. The molecule has 0 unspecified atom stereocenters. The van der Waals surface area contributed by atoms with Gasteiger partial charge >= 0.3 is 0 Å². The molecule has 1 amide bonds. The number of halogens is 3. The Kier molecular flexibility index (Phi) is 9.50. The Morgan fingerprint density at radius 1 is 1.21 bits per heavy atom. The number of carbonyl (C=O) groups is 1. The third-order valence-electron chi connectivity index (χ3n) is 4.68. The zero-order chi connectivity index (χ0) is 23.8. The van der Waals surface area contributed by atoms with Gasteiger partial charge in [0.2, 0.25) is 5.91 Å². The van der Waals surface area contributed by atoms with Gasteiger partial charge < -0.3 is 14.6 Å². The van der Waals surface area contributed by atoms with Crippen molar-refractivity contribution in [2.24, 2.45) is 0 Å². The number of carbonyl (C=O) groups excluding carboxylic acids is 1. The summed E-state index contributed by atoms with van der Waals surface area (Å²) < 4.78 is 7.69. The monoisotopic (exact) mass is 524 g/mol. The van der Waals surface area contributed by atoms with E-state index in [9.17, 15) is 4.79 Å². The fourth-order valence-corrected chi connectivity index (χ4v) is 4.39. The number of thioether (sulfide) groups is 1. The van der Waals surface area contributed by atoms with Gasteiger partial charge in [-0.1, -0.05) is 58.7 Å². The molecule has 0 spiro atoms. The fourth-order valence-electron chi connectivity index (χ4n) is 2.99. The topological polar surface area (TPSA) is 69.0 Å². The Hall–Kier alpha value is -2.19. The average Bonchev–Trinajstić information content (AvgIpc) is 3.16. The zero-order valence-electron chi connectivity index (χ0n) is 18.0. The van der Waals surface area contributed by atoms with Crippen molar-refractivity contribution < 1.29 is 9.53 Å². The summed E-state index contributed by atoms with van der Waals surface area (Å²) in [6, 6.07) is 10.5. The lowest BCUT2D eigenvalue weighted by Crippen LogP contribution is -2.15. The molecule has 0 fully saturated rings. The molecule has 1 N–H and O–H groups in total. The largest absolute Gasteiger partial charge is 0.492 e. The quantitative estimate of drug-likeness (QED) is 0.176. The number of hydrogen-bond donors (Lipinski definition) is 1. The van der Waals surface area contributed by atoms with Gasteiger partial charge in [0.1, 0.15) is 11.6 Å². The summed E-state index contributed by atoms with van der Waals surface area (Å²) in [5.41, 5.74) is 1.53. The Morgan fingerprint density at radius 2 is 2.03 bits per heavy atom. The van der Waals surface area contributed by atoms with E-state index in [4.69, 9.17) is 39.5 Å². The number of anilines is 1. The summed E-state index contributed by atoms with van der Waals surface area (Å²) >= 11 is 19.5. The molecule has 6 nitrogen and oxygen atoms in total. The lowest BCUT2D eigenvalue weighted by atomic mass is 10.2. The van der Waals surface area contributed by atoms with Crippen LogP contribution >= 0.6 is 46.6 Å². The molecule has 10 heteroatoms. The molecule has 0 aliphatic rings. The normalized spacial score (nSPS) is 10.8. The number of rotatable bonds is 11. The molecule has 0 saturated heterocycles. The minimum absolute atomic E-state index is 0.145. The Bertz CT molecular complexity index is 1140. The lowest BCUT2D eigenvalue weighted by Gasteiger charge is -2.10. The van der Waals surface area contributed by atoms with Gasteiger partial charge in [-0.05, 0) is 49.2 Å². The molecule has 0 saturated carbocycles. The van der Waals surface area contributed by atoms with Gasteiger partial charge in [0.15, 0.2) is 5.16 Å². The van der Waals surface area contributed by atoms with Gasteiger partial charge in [0, 0.05) is 28.7 Å². The molecular weight excluding hydrogens is 503 g/mol. The molecule has 0 atom stereocenters. The maximum atomic E-state index is 12.4. The maximum Gasteiger partial charge on any atom is 0.234 e. The van der Waals surface area contributed by atoms with Gasteiger partial charge in [-0.15, -0.1) is 16.8 Å². The first-order valence-corrected chi connectivity index (χ1v) is 12.3. The van der Waals surface area contributed by atoms with Crippen LogP contribution in [0.5, 0.6) is 5.75 Å². The van der Waals surface area contributed by atoms with Gasteiger partial charge in [-0.2, -0.15) is 0 Å². The lowest BCUT2D eigenvalue weighted by molar-refractivity contribution is -0.113. The molecular formula is C23H23Cl3N4O2S. The van der Waals surface area contributed by atoms with E-state index in [-0.39, 0.29) is 11.7 Å². The highest BCUT2D eigenvalue weighted by Gasteiger charge is 2.14. The number of ether oxygens (including phenoxy) is 1. The standard InChI is InChI=1S/C23H23Cl3N4O2S/c1-3-11-30-21(8-5-12-32-20-10-9-16(24)13-18(20)26)28-29-23(30)33-14-22(31)27-19-7-4-6-17(25)15(19)2/h3-4,6-7,9-10,13H,1,5,8,11-12,14H2,2H3,(H,27,31). The van der Waals surface area contributed by atoms with Crippen LogP contribution in [0.2, 0.25) is 15.1 Å². The highest BCUT2D eigenvalue weighted by atomic mass is 35.5. The molecule has 3 rings (SSSR count). The van der Waals surface area contributed by atoms with E-state index in [1.54, 1.807) is 36.4 Å². The molecule has 0 bridgehead atoms. The summed E-state index contributed by atoms with van der Waals surface area (Å²) in [6.45, 7) is 6.69. The third-order valence-corrected chi connectivity index (χ3v) is 6.58. The second kappa shape index (κ2) is 12.3. The molecule has 1 heterocycles. The van der Waals surface area contributed by atoms with Crippen molar-refractivity contribution in [1.82, 2.24) is 14.8 Å². The third kappa shape index (κ3) is 7.14. The van der Waals surface area contributed by atoms with Crippen molar-refractivity contribution in [2.75, 3.05) is 17.7 Å². The van der Waals surface area contributed by atoms with E-state index in [0.717, 1.165) is 11.4 Å². The minimum atomic E-state index is -0.145. The van der Waals surface area contributed by atoms with E-state index in [2.05, 4.69) is 22.1 Å². The van der Waals surface area contributed by atoms with Crippen LogP contribution in [-0.4, -0.2) is 33.0 Å². The number of aromatic nitrogens is 3. The van der Waals surface area contributed by atoms with Crippen LogP contribution in [-0.2, 0) is 17.8 Å². The summed E-state index contributed by atoms with van der Waals surface area (Å²) in [7, 11) is 0. The minimum Gasteiger partial charge on any atom is -0.492 e. The van der Waals surface area contributed by atoms with Crippen molar-refractivity contribution in [2.45, 2.75) is 31.5 Å². The van der Waals surface area contributed by atoms with Crippen molar-refractivity contribution in [3.63, 3.8) is 0 Å². The van der Waals surface area contributed by atoms with Crippen molar-refractivity contribution in [3.8, 4) is 5.75 Å². The smallest absolute Gasteiger partial charge is 0.234 e. The highest BCUT2D eigenvalue weighted by Crippen LogP contribution is 2.28. The number of benzene rings is 2. The van der Waals surface area contributed by atoms with Crippen LogP contribution in [0.25, 0.3) is 0 Å². The van der Waals surface area contributed by atoms with Crippen LogP contribution < -0.4 is 10.1 Å². The number of allylic oxidation sites excluding steroid dienone is 1. The number of hydrogen-bond acceptors (Lipinski definition) is 5. The molecule has 33 heavy (non-hydrogen) atoms. The van der Waals surface area contributed by atoms with Crippen molar-refractivity contribution in [1.29, 1.82) is 0 Å². The van der Waals surface area contributed by atoms with Gasteiger partial charge in [0.25, 0.3) is 0 Å². The molecule has 0 aliphatic carbocycles. The highest BCUT2D eigenvalue weighted by molar-refractivity contribution is 7.99. The van der Waals surface area contributed by atoms with Crippen molar-refractivity contribution >= 4 is 58.2 Å². The van der Waals surface area contributed by atoms with E-state index in [1.165, 1.54) is 11.8 Å². The molecule has 174 valence electrons. The zero-order valence-corrected chi connectivity index (χ0v) is 21.1. The summed E-state index contributed by atoms with van der Waals surface area (Å²) in [4.78, 5) is 12.4. The molecule has 3 aromatic rings. The van der Waals surface area contributed by atoms with Crippen LogP contribution in [0, 0.1) is 6.92 Å². The summed E-state index contributed by atoms with van der Waals surface area (Å²) in [5, 5.41) is 13.7. The number of amides is 1.